The summed E-state index contributed by atoms with van der Waals surface area (Å²) in [6.07, 6.45) is 0.430. The van der Waals surface area contributed by atoms with Crippen LogP contribution < -0.4 is 4.90 Å². The fraction of sp³-hybridized carbons (Fsp3) is 0.267. The normalized spacial score (nSPS) is 22.5. The fourth-order valence-electron chi connectivity index (χ4n) is 5.10. The molecule has 3 aromatic carbocycles. The fourth-order valence-corrected chi connectivity index (χ4v) is 6.16. The number of rotatable bonds is 7. The number of carbonyl (C=O) groups excluding carboxylic acids is 2. The Morgan fingerprint density at radius 3 is 2.30 bits per heavy atom. The molecule has 1 saturated heterocycles. The first-order valence-electron chi connectivity index (χ1n) is 13.0. The van der Waals surface area contributed by atoms with E-state index in [0.717, 1.165) is 16.3 Å². The highest BCUT2D eigenvalue weighted by molar-refractivity contribution is 7.99. The van der Waals surface area contributed by atoms with E-state index in [4.69, 9.17) is 9.47 Å². The SMILES string of the molecule is C[C@H]1[C@@H](CSc2nncn2C)O[C@@H](c2cccc(N3C(=O)c4ccccc4C3=O)c2)O[C@H]1c1ccc(CO)cc1. The molecule has 2 aliphatic heterocycles. The zero-order valence-electron chi connectivity index (χ0n) is 22.0. The molecule has 4 atom stereocenters. The third kappa shape index (κ3) is 4.84. The molecule has 0 bridgehead atoms. The number of aryl methyl sites for hydroxylation is 1. The predicted octanol–water partition coefficient (Wildman–Crippen LogP) is 4.69. The smallest absolute Gasteiger partial charge is 0.266 e. The van der Waals surface area contributed by atoms with Crippen LogP contribution in [0.15, 0.2) is 84.3 Å². The van der Waals surface area contributed by atoms with Crippen molar-refractivity contribution in [2.45, 2.75) is 37.2 Å². The molecular formula is C30H28N4O5S. The Morgan fingerprint density at radius 1 is 0.925 bits per heavy atom. The van der Waals surface area contributed by atoms with E-state index in [1.54, 1.807) is 60.6 Å². The lowest BCUT2D eigenvalue weighted by Crippen LogP contribution is -2.38. The van der Waals surface area contributed by atoms with Crippen molar-refractivity contribution >= 4 is 29.3 Å². The zero-order valence-corrected chi connectivity index (χ0v) is 22.8. The number of hydrogen-bond acceptors (Lipinski definition) is 8. The highest BCUT2D eigenvalue weighted by atomic mass is 32.2. The van der Waals surface area contributed by atoms with Gasteiger partial charge in [0.2, 0.25) is 0 Å². The first-order valence-corrected chi connectivity index (χ1v) is 14.0. The molecule has 1 fully saturated rings. The van der Waals surface area contributed by atoms with E-state index in [2.05, 4.69) is 17.1 Å². The summed E-state index contributed by atoms with van der Waals surface area (Å²) in [4.78, 5) is 27.4. The zero-order chi connectivity index (χ0) is 27.8. The van der Waals surface area contributed by atoms with Crippen molar-refractivity contribution in [2.75, 3.05) is 10.7 Å². The monoisotopic (exact) mass is 556 g/mol. The standard InChI is InChI=1S/C30H28N4O5S/c1-18-25(16-40-30-32-31-17-33(30)2)38-29(39-26(18)20-12-10-19(15-35)11-13-20)21-6-5-7-22(14-21)34-27(36)23-8-3-4-9-24(23)28(34)37/h3-14,17-18,25-26,29,35H,15-16H2,1-2H3/t18-,25+,26+,29+/m0/s1. The Bertz CT molecular complexity index is 1520. The second kappa shape index (κ2) is 11.0. The molecule has 0 unspecified atom stereocenters. The third-order valence-electron chi connectivity index (χ3n) is 7.36. The number of carbonyl (C=O) groups is 2. The van der Waals surface area contributed by atoms with Crippen LogP contribution in [0.4, 0.5) is 5.69 Å². The van der Waals surface area contributed by atoms with Crippen LogP contribution in [0.3, 0.4) is 0 Å². The lowest BCUT2D eigenvalue weighted by atomic mass is 9.91. The van der Waals surface area contributed by atoms with Crippen LogP contribution in [-0.4, -0.2) is 43.5 Å². The van der Waals surface area contributed by atoms with Crippen LogP contribution in [0.5, 0.6) is 0 Å². The second-order valence-electron chi connectivity index (χ2n) is 9.94. The Kier molecular flexibility index (Phi) is 7.24. The molecule has 0 spiro atoms. The van der Waals surface area contributed by atoms with E-state index in [1.807, 2.05) is 41.9 Å². The van der Waals surface area contributed by atoms with E-state index in [9.17, 15) is 14.7 Å². The lowest BCUT2D eigenvalue weighted by molar-refractivity contribution is -0.268. The molecule has 1 aromatic heterocycles. The molecule has 6 rings (SSSR count). The Morgan fingerprint density at radius 2 is 1.65 bits per heavy atom. The van der Waals surface area contributed by atoms with Gasteiger partial charge in [0.05, 0.1) is 35.6 Å². The van der Waals surface area contributed by atoms with Gasteiger partial charge in [0.1, 0.15) is 6.33 Å². The molecule has 9 nitrogen and oxygen atoms in total. The molecule has 40 heavy (non-hydrogen) atoms. The highest BCUT2D eigenvalue weighted by Crippen LogP contribution is 2.43. The maximum atomic E-state index is 13.1. The van der Waals surface area contributed by atoms with Crippen LogP contribution in [0.25, 0.3) is 0 Å². The van der Waals surface area contributed by atoms with Gasteiger partial charge in [0.15, 0.2) is 11.4 Å². The van der Waals surface area contributed by atoms with E-state index >= 15 is 0 Å². The van der Waals surface area contributed by atoms with Gasteiger partial charge in [-0.15, -0.1) is 10.2 Å². The number of aliphatic hydroxyl groups excluding tert-OH is 1. The summed E-state index contributed by atoms with van der Waals surface area (Å²) in [5.74, 6) is -0.0821. The van der Waals surface area contributed by atoms with Gasteiger partial charge in [0, 0.05) is 24.3 Å². The van der Waals surface area contributed by atoms with Crippen molar-refractivity contribution in [3.63, 3.8) is 0 Å². The van der Waals surface area contributed by atoms with Gasteiger partial charge < -0.3 is 19.1 Å². The summed E-state index contributed by atoms with van der Waals surface area (Å²) in [5, 5.41) is 18.4. The number of nitrogens with zero attached hydrogens (tertiary/aromatic N) is 4. The summed E-state index contributed by atoms with van der Waals surface area (Å²) < 4.78 is 14.9. The largest absolute Gasteiger partial charge is 0.392 e. The first kappa shape index (κ1) is 26.4. The topological polar surface area (TPSA) is 107 Å². The molecule has 10 heteroatoms. The molecule has 0 saturated carbocycles. The number of anilines is 1. The minimum atomic E-state index is -0.737. The number of imide groups is 1. The summed E-state index contributed by atoms with van der Waals surface area (Å²) in [7, 11) is 1.90. The number of aromatic nitrogens is 3. The van der Waals surface area contributed by atoms with Crippen molar-refractivity contribution in [3.05, 3.63) is 107 Å². The van der Waals surface area contributed by atoms with E-state index in [1.165, 1.54) is 4.90 Å². The molecule has 4 aromatic rings. The lowest BCUT2D eigenvalue weighted by Gasteiger charge is -2.41. The number of fused-ring (bicyclic) bond motifs is 1. The van der Waals surface area contributed by atoms with Crippen LogP contribution >= 0.6 is 11.8 Å². The number of ether oxygens (including phenoxy) is 2. The minimum absolute atomic E-state index is 0.00336. The van der Waals surface area contributed by atoms with Gasteiger partial charge in [-0.1, -0.05) is 67.2 Å². The molecule has 0 radical (unpaired) electrons. The maximum Gasteiger partial charge on any atom is 0.266 e. The van der Waals surface area contributed by atoms with Crippen LogP contribution in [0.2, 0.25) is 0 Å². The molecule has 204 valence electrons. The second-order valence-corrected chi connectivity index (χ2v) is 10.9. The van der Waals surface area contributed by atoms with Crippen molar-refractivity contribution < 1.29 is 24.2 Å². The molecule has 3 heterocycles. The van der Waals surface area contributed by atoms with Crippen molar-refractivity contribution in [3.8, 4) is 0 Å². The maximum absolute atomic E-state index is 13.1. The number of aliphatic hydroxyl groups is 1. The first-order chi connectivity index (χ1) is 19.4. The molecule has 2 aliphatic rings. The molecule has 1 N–H and O–H groups in total. The van der Waals surface area contributed by atoms with Crippen LogP contribution in [-0.2, 0) is 23.1 Å². The van der Waals surface area contributed by atoms with Gasteiger partial charge in [-0.05, 0) is 35.4 Å². The summed E-state index contributed by atoms with van der Waals surface area (Å²) >= 11 is 1.56. The number of thioether (sulfide) groups is 1. The summed E-state index contributed by atoms with van der Waals surface area (Å²) in [6.45, 7) is 2.06. The number of hydrogen-bond donors (Lipinski definition) is 1. The molecule has 0 aliphatic carbocycles. The molecular weight excluding hydrogens is 528 g/mol. The van der Waals surface area contributed by atoms with Gasteiger partial charge in [-0.25, -0.2) is 4.90 Å². The van der Waals surface area contributed by atoms with Crippen molar-refractivity contribution in [1.82, 2.24) is 14.8 Å². The average molecular weight is 557 g/mol. The van der Waals surface area contributed by atoms with E-state index in [-0.39, 0.29) is 36.5 Å². The highest BCUT2D eigenvalue weighted by Gasteiger charge is 2.40. The van der Waals surface area contributed by atoms with Crippen molar-refractivity contribution in [1.29, 1.82) is 0 Å². The van der Waals surface area contributed by atoms with Crippen molar-refractivity contribution in [2.24, 2.45) is 13.0 Å². The number of amides is 2. The van der Waals surface area contributed by atoms with Gasteiger partial charge >= 0.3 is 0 Å². The Hall–Kier alpha value is -3.83. The Balaban J connectivity index is 1.30. The van der Waals surface area contributed by atoms with Gasteiger partial charge in [0.25, 0.3) is 11.8 Å². The van der Waals surface area contributed by atoms with Crippen LogP contribution in [0.1, 0.15) is 56.7 Å². The Labute approximate surface area is 235 Å². The van der Waals surface area contributed by atoms with Crippen LogP contribution in [0, 0.1) is 5.92 Å². The van der Waals surface area contributed by atoms with E-state index < -0.39 is 6.29 Å². The predicted molar refractivity (Wildman–Crippen MR) is 149 cm³/mol. The van der Waals surface area contributed by atoms with E-state index in [0.29, 0.717) is 28.1 Å². The average Bonchev–Trinajstić information content (AvgIpc) is 3.51. The molecule has 2 amide bonds. The quantitative estimate of drug-likeness (QED) is 0.258. The summed E-state index contributed by atoms with van der Waals surface area (Å²) in [6, 6.07) is 21.8. The van der Waals surface area contributed by atoms with Gasteiger partial charge in [-0.3, -0.25) is 9.59 Å². The minimum Gasteiger partial charge on any atom is -0.392 e. The third-order valence-corrected chi connectivity index (χ3v) is 8.49. The number of benzene rings is 3. The summed E-state index contributed by atoms with van der Waals surface area (Å²) in [5.41, 5.74) is 3.74. The van der Waals surface area contributed by atoms with Gasteiger partial charge in [-0.2, -0.15) is 0 Å².